The number of benzene rings is 3. The Labute approximate surface area is 220 Å². The van der Waals surface area contributed by atoms with E-state index in [0.717, 1.165) is 22.0 Å². The number of nitrogens with one attached hydrogen (secondary N) is 2. The highest BCUT2D eigenvalue weighted by Gasteiger charge is 2.13. The van der Waals surface area contributed by atoms with E-state index in [4.69, 9.17) is 30.5 Å². The van der Waals surface area contributed by atoms with Crippen molar-refractivity contribution in [2.45, 2.75) is 0 Å². The van der Waals surface area contributed by atoms with E-state index in [2.05, 4.69) is 10.3 Å². The Morgan fingerprint density at radius 1 is 0.865 bits per heavy atom. The molecule has 1 aromatic heterocycles. The van der Waals surface area contributed by atoms with Gasteiger partial charge in [-0.15, -0.1) is 0 Å². The van der Waals surface area contributed by atoms with Crippen molar-refractivity contribution in [3.8, 4) is 23.0 Å². The van der Waals surface area contributed by atoms with Crippen LogP contribution in [0.25, 0.3) is 23.1 Å². The van der Waals surface area contributed by atoms with Crippen molar-refractivity contribution in [2.24, 2.45) is 0 Å². The van der Waals surface area contributed by atoms with E-state index in [-0.39, 0.29) is 5.78 Å². The zero-order valence-corrected chi connectivity index (χ0v) is 21.7. The van der Waals surface area contributed by atoms with Crippen LogP contribution in [0.3, 0.4) is 0 Å². The minimum absolute atomic E-state index is 0.131. The Morgan fingerprint density at radius 2 is 1.51 bits per heavy atom. The number of para-hydroxylation sites is 1. The second-order valence-electron chi connectivity index (χ2n) is 7.97. The standard InChI is InChI=1S/C29H27ClN2O5/c1-34-26-15-19(16-27(35-2)29(26)37-4)10-9-18-13-22(30)28(36-3)24(14-18)31-12-11-25(33)21-17-32-23-8-6-5-7-20(21)23/h5-17,31-32H,1-4H3. The molecule has 0 aliphatic heterocycles. The van der Waals surface area contributed by atoms with Crippen molar-refractivity contribution in [3.63, 3.8) is 0 Å². The van der Waals surface area contributed by atoms with E-state index >= 15 is 0 Å². The van der Waals surface area contributed by atoms with Gasteiger partial charge in [-0.3, -0.25) is 4.79 Å². The van der Waals surface area contributed by atoms with Crippen LogP contribution < -0.4 is 24.3 Å². The van der Waals surface area contributed by atoms with Crippen molar-refractivity contribution in [1.29, 1.82) is 0 Å². The number of carbonyl (C=O) groups excluding carboxylic acids is 1. The first kappa shape index (κ1) is 25.7. The van der Waals surface area contributed by atoms with E-state index in [0.29, 0.717) is 39.3 Å². The van der Waals surface area contributed by atoms with Crippen LogP contribution >= 0.6 is 11.6 Å². The molecular formula is C29H27ClN2O5. The number of ether oxygens (including phenoxy) is 4. The smallest absolute Gasteiger partial charge is 0.203 e. The first-order valence-electron chi connectivity index (χ1n) is 11.4. The topological polar surface area (TPSA) is 81.8 Å². The maximum Gasteiger partial charge on any atom is 0.203 e. The fraction of sp³-hybridized carbons (Fsp3) is 0.138. The van der Waals surface area contributed by atoms with Gasteiger partial charge < -0.3 is 29.2 Å². The van der Waals surface area contributed by atoms with Crippen molar-refractivity contribution in [1.82, 2.24) is 4.98 Å². The minimum atomic E-state index is -0.131. The van der Waals surface area contributed by atoms with Crippen molar-refractivity contribution >= 4 is 46.1 Å². The van der Waals surface area contributed by atoms with Crippen LogP contribution in [0.5, 0.6) is 23.0 Å². The molecular weight excluding hydrogens is 492 g/mol. The lowest BCUT2D eigenvalue weighted by molar-refractivity contribution is 0.104. The van der Waals surface area contributed by atoms with E-state index in [1.165, 1.54) is 6.08 Å². The molecule has 0 aliphatic rings. The Bertz CT molecular complexity index is 1460. The van der Waals surface area contributed by atoms with E-state index in [1.807, 2.05) is 54.6 Å². The average Bonchev–Trinajstić information content (AvgIpc) is 3.35. The first-order valence-corrected chi connectivity index (χ1v) is 11.8. The summed E-state index contributed by atoms with van der Waals surface area (Å²) in [7, 11) is 6.25. The number of H-pyrrole nitrogens is 1. The first-order chi connectivity index (χ1) is 18.0. The lowest BCUT2D eigenvalue weighted by Crippen LogP contribution is -1.98. The molecule has 1 heterocycles. The van der Waals surface area contributed by atoms with Gasteiger partial charge in [0.25, 0.3) is 0 Å². The highest BCUT2D eigenvalue weighted by molar-refractivity contribution is 6.32. The van der Waals surface area contributed by atoms with Crippen LogP contribution in [0, 0.1) is 0 Å². The van der Waals surface area contributed by atoms with Gasteiger partial charge in [-0.2, -0.15) is 0 Å². The number of aromatic amines is 1. The number of rotatable bonds is 10. The maximum atomic E-state index is 12.8. The molecule has 0 aliphatic carbocycles. The van der Waals surface area contributed by atoms with Gasteiger partial charge in [0.05, 0.1) is 39.1 Å². The Hall–Kier alpha value is -4.36. The Kier molecular flexibility index (Phi) is 8.05. The summed E-state index contributed by atoms with van der Waals surface area (Å²) in [4.78, 5) is 15.9. The Morgan fingerprint density at radius 3 is 2.16 bits per heavy atom. The molecule has 3 aromatic carbocycles. The third-order valence-electron chi connectivity index (χ3n) is 5.75. The minimum Gasteiger partial charge on any atom is -0.493 e. The molecule has 0 bridgehead atoms. The van der Waals surface area contributed by atoms with Gasteiger partial charge in [-0.05, 0) is 41.5 Å². The molecule has 4 aromatic rings. The summed E-state index contributed by atoms with van der Waals surface area (Å²) >= 11 is 6.49. The fourth-order valence-electron chi connectivity index (χ4n) is 3.99. The van der Waals surface area contributed by atoms with Gasteiger partial charge in [0, 0.05) is 34.9 Å². The molecule has 0 radical (unpaired) electrons. The van der Waals surface area contributed by atoms with E-state index in [1.54, 1.807) is 46.9 Å². The van der Waals surface area contributed by atoms with Crippen molar-refractivity contribution in [2.75, 3.05) is 33.8 Å². The molecule has 4 rings (SSSR count). The molecule has 37 heavy (non-hydrogen) atoms. The molecule has 0 unspecified atom stereocenters. The van der Waals surface area contributed by atoms with Crippen LogP contribution in [0.2, 0.25) is 5.02 Å². The van der Waals surface area contributed by atoms with Gasteiger partial charge >= 0.3 is 0 Å². The summed E-state index contributed by atoms with van der Waals surface area (Å²) in [6.07, 6.45) is 8.57. The predicted octanol–water partition coefficient (Wildman–Crippen LogP) is 6.83. The van der Waals surface area contributed by atoms with Gasteiger partial charge in [-0.25, -0.2) is 0 Å². The zero-order chi connectivity index (χ0) is 26.4. The van der Waals surface area contributed by atoms with Gasteiger partial charge in [-0.1, -0.05) is 42.0 Å². The summed E-state index contributed by atoms with van der Waals surface area (Å²) in [6, 6.07) is 15.0. The summed E-state index contributed by atoms with van der Waals surface area (Å²) in [6.45, 7) is 0. The highest BCUT2D eigenvalue weighted by Crippen LogP contribution is 2.39. The monoisotopic (exact) mass is 518 g/mol. The van der Waals surface area contributed by atoms with Crippen molar-refractivity contribution in [3.05, 3.63) is 88.7 Å². The zero-order valence-electron chi connectivity index (χ0n) is 20.9. The van der Waals surface area contributed by atoms with E-state index in [9.17, 15) is 4.79 Å². The normalized spacial score (nSPS) is 11.3. The van der Waals surface area contributed by atoms with Gasteiger partial charge in [0.2, 0.25) is 5.75 Å². The molecule has 0 spiro atoms. The number of carbonyl (C=O) groups is 1. The summed E-state index contributed by atoms with van der Waals surface area (Å²) in [5, 5.41) is 4.42. The predicted molar refractivity (Wildman–Crippen MR) is 148 cm³/mol. The number of allylic oxidation sites excluding steroid dienone is 1. The molecule has 0 fully saturated rings. The van der Waals surface area contributed by atoms with Crippen LogP contribution in [0.1, 0.15) is 21.5 Å². The maximum absolute atomic E-state index is 12.8. The number of hydrogen-bond donors (Lipinski definition) is 2. The molecule has 0 saturated carbocycles. The SMILES string of the molecule is COc1cc(C=Cc2cc(Cl)c(OC)c(NC=CC(=O)c3c[nH]c4ccccc34)c2)cc(OC)c1OC. The number of aromatic nitrogens is 1. The van der Waals surface area contributed by atoms with Crippen LogP contribution in [0.4, 0.5) is 5.69 Å². The second-order valence-corrected chi connectivity index (χ2v) is 8.37. The summed E-state index contributed by atoms with van der Waals surface area (Å²) < 4.78 is 21.7. The van der Waals surface area contributed by atoms with Crippen molar-refractivity contribution < 1.29 is 23.7 Å². The van der Waals surface area contributed by atoms with Crippen LogP contribution in [-0.4, -0.2) is 39.2 Å². The summed E-state index contributed by atoms with van der Waals surface area (Å²) in [5.74, 6) is 1.97. The molecule has 0 atom stereocenters. The lowest BCUT2D eigenvalue weighted by atomic mass is 10.1. The van der Waals surface area contributed by atoms with Gasteiger partial charge in [0.1, 0.15) is 0 Å². The van der Waals surface area contributed by atoms with Crippen LogP contribution in [0.15, 0.2) is 67.0 Å². The number of methoxy groups -OCH3 is 4. The molecule has 0 amide bonds. The number of halogens is 1. The second kappa shape index (κ2) is 11.6. The number of anilines is 1. The van der Waals surface area contributed by atoms with Gasteiger partial charge in [0.15, 0.2) is 23.0 Å². The quantitative estimate of drug-likeness (QED) is 0.136. The Balaban J connectivity index is 1.57. The molecule has 0 saturated heterocycles. The highest BCUT2D eigenvalue weighted by atomic mass is 35.5. The largest absolute Gasteiger partial charge is 0.493 e. The number of fused-ring (bicyclic) bond motifs is 1. The van der Waals surface area contributed by atoms with Crippen LogP contribution in [-0.2, 0) is 0 Å². The lowest BCUT2D eigenvalue weighted by Gasteiger charge is -2.13. The number of ketones is 1. The number of hydrogen-bond acceptors (Lipinski definition) is 6. The molecule has 2 N–H and O–H groups in total. The fourth-order valence-corrected chi connectivity index (χ4v) is 4.29. The third kappa shape index (κ3) is 5.57. The van der Waals surface area contributed by atoms with E-state index < -0.39 is 0 Å². The summed E-state index contributed by atoms with van der Waals surface area (Å²) in [5.41, 5.74) is 3.79. The average molecular weight is 519 g/mol. The molecule has 190 valence electrons. The molecule has 8 heteroatoms. The molecule has 7 nitrogen and oxygen atoms in total. The third-order valence-corrected chi connectivity index (χ3v) is 6.03.